The first-order valence-electron chi connectivity index (χ1n) is 14.9. The Balaban J connectivity index is 1.25. The molecule has 7 heteroatoms. The highest BCUT2D eigenvalue weighted by molar-refractivity contribution is 5.65. The molecular formula is C36H40N2O5. The summed E-state index contributed by atoms with van der Waals surface area (Å²) >= 11 is 0. The molecule has 6 rings (SSSR count). The lowest BCUT2D eigenvalue weighted by Gasteiger charge is -2.39. The second-order valence-corrected chi connectivity index (χ2v) is 11.3. The van der Waals surface area contributed by atoms with Crippen LogP contribution in [0.2, 0.25) is 0 Å². The number of hydrogen-bond acceptors (Lipinski definition) is 7. The van der Waals surface area contributed by atoms with E-state index < -0.39 is 6.29 Å². The van der Waals surface area contributed by atoms with Gasteiger partial charge < -0.3 is 29.8 Å². The molecule has 7 nitrogen and oxygen atoms in total. The van der Waals surface area contributed by atoms with E-state index in [1.165, 1.54) is 11.1 Å². The first-order chi connectivity index (χ1) is 21.1. The third-order valence-corrected chi connectivity index (χ3v) is 8.53. The van der Waals surface area contributed by atoms with Gasteiger partial charge in [-0.2, -0.15) is 0 Å². The minimum absolute atomic E-state index is 0.0193. The van der Waals surface area contributed by atoms with Gasteiger partial charge in [0.2, 0.25) is 0 Å². The molecule has 4 aromatic rings. The number of aliphatic hydroxyl groups is 1. The molecule has 3 N–H and O–H groups in total. The molecule has 0 radical (unpaired) electrons. The third kappa shape index (κ3) is 6.61. The highest BCUT2D eigenvalue weighted by Gasteiger charge is 2.34. The summed E-state index contributed by atoms with van der Waals surface area (Å²) in [6, 6.07) is 29.0. The van der Waals surface area contributed by atoms with E-state index in [4.69, 9.17) is 24.7 Å². The van der Waals surface area contributed by atoms with Gasteiger partial charge in [0.15, 0.2) is 17.8 Å². The lowest BCUT2D eigenvalue weighted by atomic mass is 9.96. The Kier molecular flexibility index (Phi) is 9.07. The predicted octanol–water partition coefficient (Wildman–Crippen LogP) is 5.93. The summed E-state index contributed by atoms with van der Waals surface area (Å²) in [6.45, 7) is 3.07. The fourth-order valence-corrected chi connectivity index (χ4v) is 6.16. The Hall–Kier alpha value is -3.72. The van der Waals surface area contributed by atoms with Crippen molar-refractivity contribution in [2.75, 3.05) is 27.3 Å². The van der Waals surface area contributed by atoms with E-state index >= 15 is 0 Å². The normalized spacial score (nSPS) is 20.4. The first-order valence-corrected chi connectivity index (χ1v) is 14.9. The maximum Gasteiger partial charge on any atom is 0.184 e. The lowest BCUT2D eigenvalue weighted by molar-refractivity contribution is -0.253. The summed E-state index contributed by atoms with van der Waals surface area (Å²) in [5.41, 5.74) is 14.7. The zero-order valence-corrected chi connectivity index (χ0v) is 24.9. The van der Waals surface area contributed by atoms with Crippen molar-refractivity contribution < 1.29 is 24.1 Å². The zero-order chi connectivity index (χ0) is 29.8. The molecule has 3 atom stereocenters. The highest BCUT2D eigenvalue weighted by atomic mass is 16.7. The van der Waals surface area contributed by atoms with Crippen LogP contribution < -0.4 is 15.2 Å². The van der Waals surface area contributed by atoms with Crippen LogP contribution >= 0.6 is 0 Å². The summed E-state index contributed by atoms with van der Waals surface area (Å²) < 4.78 is 24.5. The number of aliphatic hydroxyl groups excluding tert-OH is 1. The molecule has 1 saturated heterocycles. The van der Waals surface area contributed by atoms with Crippen molar-refractivity contribution in [2.24, 2.45) is 5.73 Å². The van der Waals surface area contributed by atoms with Gasteiger partial charge in [-0.3, -0.25) is 4.90 Å². The smallest absolute Gasteiger partial charge is 0.184 e. The van der Waals surface area contributed by atoms with E-state index in [9.17, 15) is 5.11 Å². The van der Waals surface area contributed by atoms with Gasteiger partial charge in [0, 0.05) is 38.2 Å². The number of nitrogens with two attached hydrogens (primary N) is 1. The minimum atomic E-state index is -0.514. The number of hydrogen-bond donors (Lipinski definition) is 2. The van der Waals surface area contributed by atoms with E-state index in [2.05, 4.69) is 65.6 Å². The second-order valence-electron chi connectivity index (χ2n) is 11.3. The second kappa shape index (κ2) is 13.3. The summed E-state index contributed by atoms with van der Waals surface area (Å²) in [5.74, 6) is 1.53. The number of ether oxygens (including phenoxy) is 4. The number of fused-ring (bicyclic) bond motifs is 1. The monoisotopic (exact) mass is 580 g/mol. The van der Waals surface area contributed by atoms with Crippen molar-refractivity contribution in [2.45, 2.75) is 51.0 Å². The van der Waals surface area contributed by atoms with Crippen LogP contribution in [0.1, 0.15) is 52.2 Å². The quantitative estimate of drug-likeness (QED) is 0.254. The molecule has 0 unspecified atom stereocenters. The van der Waals surface area contributed by atoms with Crippen LogP contribution in [-0.4, -0.2) is 43.4 Å². The van der Waals surface area contributed by atoms with Crippen LogP contribution in [0.3, 0.4) is 0 Å². The number of nitrogens with zero attached hydrogens (tertiary/aromatic N) is 1. The van der Waals surface area contributed by atoms with Crippen LogP contribution in [0.4, 0.5) is 0 Å². The highest BCUT2D eigenvalue weighted by Crippen LogP contribution is 2.40. The molecule has 0 saturated carbocycles. The van der Waals surface area contributed by atoms with E-state index in [1.807, 2.05) is 24.3 Å². The van der Waals surface area contributed by atoms with E-state index in [1.54, 1.807) is 14.2 Å². The molecule has 224 valence electrons. The molecule has 43 heavy (non-hydrogen) atoms. The van der Waals surface area contributed by atoms with Gasteiger partial charge in [-0.05, 0) is 69.6 Å². The summed E-state index contributed by atoms with van der Waals surface area (Å²) in [6.07, 6.45) is 0.996. The number of rotatable bonds is 9. The standard InChI is InChI=1S/C36H40N2O5/c1-40-34-17-29-13-14-38(21-31(29)18-35(34)41-2)22-32-19-33(26-11-9-24(23-39)10-12-26)43-36(42-32)30-8-4-7-28(16-30)27-6-3-5-25(15-27)20-37/h3-12,15-18,32-33,36,39H,13-14,19-23,37H2,1-2H3/t32-,33+,36+/m0/s1. The first kappa shape index (κ1) is 29.4. The topological polar surface area (TPSA) is 86.4 Å². The van der Waals surface area contributed by atoms with Crippen molar-refractivity contribution in [1.29, 1.82) is 0 Å². The fraction of sp³-hybridized carbons (Fsp3) is 0.333. The Labute approximate surface area is 253 Å². The third-order valence-electron chi connectivity index (χ3n) is 8.53. The molecule has 0 bridgehead atoms. The molecule has 2 heterocycles. The average molecular weight is 581 g/mol. The van der Waals surface area contributed by atoms with Crippen LogP contribution in [-0.2, 0) is 35.6 Å². The SMILES string of the molecule is COc1cc2c(cc1OC)CN(C[C@@H]1C[C@H](c3ccc(CO)cc3)O[C@H](c3cccc(-c4cccc(CN)c4)c3)O1)CC2. The molecule has 0 amide bonds. The Morgan fingerprint density at radius 2 is 1.53 bits per heavy atom. The molecule has 2 aliphatic heterocycles. The molecular weight excluding hydrogens is 540 g/mol. The van der Waals surface area contributed by atoms with Gasteiger partial charge in [0.1, 0.15) is 0 Å². The molecule has 2 aliphatic rings. The van der Waals surface area contributed by atoms with E-state index in [0.717, 1.165) is 77.4 Å². The van der Waals surface area contributed by atoms with Crippen molar-refractivity contribution >= 4 is 0 Å². The molecule has 0 aromatic heterocycles. The van der Waals surface area contributed by atoms with E-state index in [0.29, 0.717) is 6.54 Å². The van der Waals surface area contributed by atoms with Crippen LogP contribution in [0.25, 0.3) is 11.1 Å². The van der Waals surface area contributed by atoms with Gasteiger partial charge in [-0.1, -0.05) is 60.7 Å². The van der Waals surface area contributed by atoms with Gasteiger partial charge in [0.05, 0.1) is 33.0 Å². The summed E-state index contributed by atoms with van der Waals surface area (Å²) in [5, 5.41) is 9.56. The van der Waals surface area contributed by atoms with Gasteiger partial charge in [-0.25, -0.2) is 0 Å². The maximum absolute atomic E-state index is 9.56. The molecule has 0 spiro atoms. The largest absolute Gasteiger partial charge is 0.493 e. The van der Waals surface area contributed by atoms with Crippen LogP contribution in [0.5, 0.6) is 11.5 Å². The molecule has 4 aromatic carbocycles. The average Bonchev–Trinajstić information content (AvgIpc) is 3.07. The summed E-state index contributed by atoms with van der Waals surface area (Å²) in [7, 11) is 3.36. The zero-order valence-electron chi connectivity index (χ0n) is 24.9. The molecule has 0 aliphatic carbocycles. The fourth-order valence-electron chi connectivity index (χ4n) is 6.16. The van der Waals surface area contributed by atoms with Gasteiger partial charge in [0.25, 0.3) is 0 Å². The van der Waals surface area contributed by atoms with Crippen LogP contribution in [0, 0.1) is 0 Å². The van der Waals surface area contributed by atoms with Crippen molar-refractivity contribution in [3.05, 3.63) is 118 Å². The summed E-state index contributed by atoms with van der Waals surface area (Å²) in [4.78, 5) is 2.46. The number of benzene rings is 4. The Bertz CT molecular complexity index is 1540. The van der Waals surface area contributed by atoms with Crippen molar-refractivity contribution in [3.8, 4) is 22.6 Å². The lowest BCUT2D eigenvalue weighted by Crippen LogP contribution is -2.41. The van der Waals surface area contributed by atoms with Gasteiger partial charge >= 0.3 is 0 Å². The van der Waals surface area contributed by atoms with Crippen molar-refractivity contribution in [1.82, 2.24) is 4.90 Å². The van der Waals surface area contributed by atoms with Crippen molar-refractivity contribution in [3.63, 3.8) is 0 Å². The molecule has 1 fully saturated rings. The Morgan fingerprint density at radius 3 is 2.26 bits per heavy atom. The van der Waals surface area contributed by atoms with Crippen LogP contribution in [0.15, 0.2) is 84.9 Å². The van der Waals surface area contributed by atoms with Gasteiger partial charge in [-0.15, -0.1) is 0 Å². The minimum Gasteiger partial charge on any atom is -0.493 e. The maximum atomic E-state index is 9.56. The van der Waals surface area contributed by atoms with E-state index in [-0.39, 0.29) is 18.8 Å². The Morgan fingerprint density at radius 1 is 0.814 bits per heavy atom. The predicted molar refractivity (Wildman–Crippen MR) is 167 cm³/mol. The number of methoxy groups -OCH3 is 2.